The Morgan fingerprint density at radius 1 is 0.708 bits per heavy atom. The molecule has 24 heavy (non-hydrogen) atoms. The minimum absolute atomic E-state index is 0. The number of rotatable bonds is 6. The molecular weight excluding hydrogens is 300 g/mol. The van der Waals surface area contributed by atoms with Crippen molar-refractivity contribution < 1.29 is 4.74 Å². The standard InChI is InChI=1S/C7H18N2.C5H11NO.C5H13N.2CH4/c1-5-8(3)7-9(4)6-2;1-4-6(3)5(2)7-4;1-4-6(3)5-2;;/h5-7H2,1-4H3;4-5H,1-3H3;4-5H2,1-3H3;2*1H4. The lowest BCUT2D eigenvalue weighted by molar-refractivity contribution is -0.255. The van der Waals surface area contributed by atoms with E-state index in [9.17, 15) is 0 Å². The van der Waals surface area contributed by atoms with Crippen molar-refractivity contribution in [3.8, 4) is 0 Å². The summed E-state index contributed by atoms with van der Waals surface area (Å²) < 4.78 is 5.18. The molecule has 1 heterocycles. The van der Waals surface area contributed by atoms with Gasteiger partial charge in [-0.3, -0.25) is 14.7 Å². The zero-order valence-electron chi connectivity index (χ0n) is 16.9. The molecule has 1 rings (SSSR count). The molecule has 0 aliphatic carbocycles. The van der Waals surface area contributed by atoms with E-state index < -0.39 is 0 Å². The first-order valence-electron chi connectivity index (χ1n) is 8.66. The SMILES string of the molecule is C.C.CC1OC(C)N1C.CCN(C)CC.CCN(C)CN(C)CC. The Labute approximate surface area is 154 Å². The topological polar surface area (TPSA) is 22.2 Å². The molecule has 152 valence electrons. The van der Waals surface area contributed by atoms with Crippen LogP contribution in [0.25, 0.3) is 0 Å². The normalized spacial score (nSPS) is 19.4. The first kappa shape index (κ1) is 31.6. The Balaban J connectivity index is -0.000000122. The Kier molecular flexibility index (Phi) is 25.2. The highest BCUT2D eigenvalue weighted by molar-refractivity contribution is 4.64. The van der Waals surface area contributed by atoms with Gasteiger partial charge in [0.1, 0.15) is 12.5 Å². The smallest absolute Gasteiger partial charge is 0.111 e. The largest absolute Gasteiger partial charge is 0.345 e. The number of ether oxygens (including phenoxy) is 1. The van der Waals surface area contributed by atoms with Crippen LogP contribution in [0.1, 0.15) is 56.4 Å². The van der Waals surface area contributed by atoms with Crippen molar-refractivity contribution in [3.05, 3.63) is 0 Å². The zero-order chi connectivity index (χ0) is 17.7. The van der Waals surface area contributed by atoms with Crippen LogP contribution in [0.4, 0.5) is 0 Å². The molecule has 1 aliphatic heterocycles. The molecule has 0 amide bonds. The molecule has 0 N–H and O–H groups in total. The Hall–Kier alpha value is -0.200. The number of nitrogens with zero attached hydrogens (tertiary/aromatic N) is 4. The highest BCUT2D eigenvalue weighted by Crippen LogP contribution is 2.16. The summed E-state index contributed by atoms with van der Waals surface area (Å²) in [5.41, 5.74) is 0. The summed E-state index contributed by atoms with van der Waals surface area (Å²) in [6.07, 6.45) is 0.685. The van der Waals surface area contributed by atoms with Crippen LogP contribution in [0.2, 0.25) is 0 Å². The highest BCUT2D eigenvalue weighted by Gasteiger charge is 2.27. The van der Waals surface area contributed by atoms with Crippen LogP contribution in [-0.4, -0.2) is 93.1 Å². The molecule has 1 saturated heterocycles. The van der Waals surface area contributed by atoms with Crippen LogP contribution >= 0.6 is 0 Å². The predicted octanol–water partition coefficient (Wildman–Crippen LogP) is 3.72. The van der Waals surface area contributed by atoms with Crippen LogP contribution in [-0.2, 0) is 4.74 Å². The summed E-state index contributed by atoms with van der Waals surface area (Å²) >= 11 is 0. The second-order valence-corrected chi connectivity index (χ2v) is 5.97. The molecule has 0 aromatic heterocycles. The maximum atomic E-state index is 5.18. The van der Waals surface area contributed by atoms with Gasteiger partial charge in [-0.05, 0) is 68.2 Å². The van der Waals surface area contributed by atoms with E-state index in [0.29, 0.717) is 12.5 Å². The maximum absolute atomic E-state index is 5.18. The second-order valence-electron chi connectivity index (χ2n) is 5.97. The van der Waals surface area contributed by atoms with Crippen molar-refractivity contribution in [2.24, 2.45) is 0 Å². The molecule has 0 aromatic carbocycles. The first-order valence-corrected chi connectivity index (χ1v) is 8.66. The molecule has 5 heteroatoms. The first-order chi connectivity index (χ1) is 10.2. The van der Waals surface area contributed by atoms with Crippen LogP contribution in [0.5, 0.6) is 0 Å². The van der Waals surface area contributed by atoms with Gasteiger partial charge in [-0.15, -0.1) is 0 Å². The lowest BCUT2D eigenvalue weighted by Gasteiger charge is -2.42. The van der Waals surface area contributed by atoms with Gasteiger partial charge in [0.15, 0.2) is 0 Å². The molecule has 0 spiro atoms. The Morgan fingerprint density at radius 3 is 1.08 bits per heavy atom. The van der Waals surface area contributed by atoms with Crippen molar-refractivity contribution in [1.29, 1.82) is 0 Å². The average Bonchev–Trinajstić information content (AvgIpc) is 2.54. The molecule has 0 saturated carbocycles. The van der Waals surface area contributed by atoms with E-state index in [1.165, 1.54) is 0 Å². The van der Waals surface area contributed by atoms with E-state index in [0.717, 1.165) is 32.8 Å². The fourth-order valence-corrected chi connectivity index (χ4v) is 1.55. The molecule has 1 fully saturated rings. The third-order valence-electron chi connectivity index (χ3n) is 4.18. The molecule has 2 atom stereocenters. The lowest BCUT2D eigenvalue weighted by Crippen LogP contribution is -2.52. The van der Waals surface area contributed by atoms with E-state index in [-0.39, 0.29) is 14.9 Å². The van der Waals surface area contributed by atoms with Crippen LogP contribution in [0.15, 0.2) is 0 Å². The second kappa shape index (κ2) is 19.1. The third kappa shape index (κ3) is 16.7. The summed E-state index contributed by atoms with van der Waals surface area (Å²) in [4.78, 5) is 8.98. The van der Waals surface area contributed by atoms with Crippen molar-refractivity contribution in [1.82, 2.24) is 19.6 Å². The van der Waals surface area contributed by atoms with E-state index in [4.69, 9.17) is 4.74 Å². The van der Waals surface area contributed by atoms with Crippen LogP contribution in [0.3, 0.4) is 0 Å². The van der Waals surface area contributed by atoms with E-state index in [1.807, 2.05) is 13.8 Å². The molecule has 2 unspecified atom stereocenters. The van der Waals surface area contributed by atoms with Gasteiger partial charge in [-0.25, -0.2) is 0 Å². The van der Waals surface area contributed by atoms with Gasteiger partial charge in [0.05, 0.1) is 0 Å². The summed E-state index contributed by atoms with van der Waals surface area (Å²) in [6, 6.07) is 0. The summed E-state index contributed by atoms with van der Waals surface area (Å²) in [5, 5.41) is 0. The van der Waals surface area contributed by atoms with E-state index in [1.54, 1.807) is 0 Å². The Morgan fingerprint density at radius 2 is 1.00 bits per heavy atom. The van der Waals surface area contributed by atoms with Crippen molar-refractivity contribution in [2.45, 2.75) is 68.9 Å². The molecule has 0 radical (unpaired) electrons. The summed E-state index contributed by atoms with van der Waals surface area (Å²) in [6.45, 7) is 18.4. The fourth-order valence-electron chi connectivity index (χ4n) is 1.55. The van der Waals surface area contributed by atoms with Crippen LogP contribution < -0.4 is 0 Å². The van der Waals surface area contributed by atoms with Crippen LogP contribution in [0, 0.1) is 0 Å². The third-order valence-corrected chi connectivity index (χ3v) is 4.18. The highest BCUT2D eigenvalue weighted by atomic mass is 16.6. The van der Waals surface area contributed by atoms with E-state index >= 15 is 0 Å². The quantitative estimate of drug-likeness (QED) is 0.679. The van der Waals surface area contributed by atoms with Gasteiger partial charge in [-0.2, -0.15) is 0 Å². The molecule has 1 aliphatic rings. The summed E-state index contributed by atoms with van der Waals surface area (Å²) in [5.74, 6) is 0. The van der Waals surface area contributed by atoms with Gasteiger partial charge in [0.2, 0.25) is 0 Å². The summed E-state index contributed by atoms with van der Waals surface area (Å²) in [7, 11) is 8.43. The van der Waals surface area contributed by atoms with Gasteiger partial charge in [0, 0.05) is 6.67 Å². The number of hydrogen-bond donors (Lipinski definition) is 0. The van der Waals surface area contributed by atoms with Crippen molar-refractivity contribution in [2.75, 3.05) is 61.0 Å². The fraction of sp³-hybridized carbons (Fsp3) is 1.00. The van der Waals surface area contributed by atoms with Crippen molar-refractivity contribution in [3.63, 3.8) is 0 Å². The number of hydrogen-bond acceptors (Lipinski definition) is 5. The maximum Gasteiger partial charge on any atom is 0.111 e. The monoisotopic (exact) mass is 350 g/mol. The average molecular weight is 351 g/mol. The molecule has 5 nitrogen and oxygen atoms in total. The van der Waals surface area contributed by atoms with Gasteiger partial charge in [-0.1, -0.05) is 42.5 Å². The zero-order valence-corrected chi connectivity index (χ0v) is 16.9. The molecule has 0 bridgehead atoms. The molecule has 0 aromatic rings. The minimum Gasteiger partial charge on any atom is -0.345 e. The Bertz CT molecular complexity index is 221. The van der Waals surface area contributed by atoms with Crippen molar-refractivity contribution >= 4 is 0 Å². The minimum atomic E-state index is 0. The van der Waals surface area contributed by atoms with Gasteiger partial charge >= 0.3 is 0 Å². The van der Waals surface area contributed by atoms with Gasteiger partial charge in [0.25, 0.3) is 0 Å². The molecular formula is C19H50N4O. The van der Waals surface area contributed by atoms with E-state index in [2.05, 4.69) is 75.5 Å². The predicted molar refractivity (Wildman–Crippen MR) is 112 cm³/mol. The van der Waals surface area contributed by atoms with Gasteiger partial charge < -0.3 is 9.64 Å². The lowest BCUT2D eigenvalue weighted by atomic mass is 10.4.